The van der Waals surface area contributed by atoms with Crippen molar-refractivity contribution in [3.05, 3.63) is 94.0 Å². The van der Waals surface area contributed by atoms with E-state index < -0.39 is 10.2 Å². The number of hydrogen-bond acceptors (Lipinski definition) is 5. The number of nitro benzene ring substituents is 1. The summed E-state index contributed by atoms with van der Waals surface area (Å²) in [5, 5.41) is 16.1. The first-order chi connectivity index (χ1) is 14.8. The highest BCUT2D eigenvalue weighted by Gasteiger charge is 2.23. The summed E-state index contributed by atoms with van der Waals surface area (Å²) in [7, 11) is 0. The Morgan fingerprint density at radius 3 is 2.26 bits per heavy atom. The van der Waals surface area contributed by atoms with E-state index in [0.717, 1.165) is 16.0 Å². The number of nitro groups is 1. The predicted octanol–water partition coefficient (Wildman–Crippen LogP) is 5.33. The standard InChI is InChI=1S/C23H21N3O4S/c1-15-8-11-19(26(29)30)14-21(15)25-23(28)22(17-6-4-3-5-7-17)31-20-12-9-18(10-13-20)24-16(2)27/h3-14,22H,1-2H3,(H,24,27)(H,25,28). The van der Waals surface area contributed by atoms with Gasteiger partial charge in [-0.15, -0.1) is 11.8 Å². The van der Waals surface area contributed by atoms with Crippen LogP contribution in [-0.2, 0) is 9.59 Å². The largest absolute Gasteiger partial charge is 0.326 e. The molecule has 0 saturated carbocycles. The van der Waals surface area contributed by atoms with Crippen LogP contribution in [0.3, 0.4) is 0 Å². The number of aryl methyl sites for hydroxylation is 1. The van der Waals surface area contributed by atoms with Gasteiger partial charge in [-0.2, -0.15) is 0 Å². The minimum atomic E-state index is -0.577. The molecule has 2 N–H and O–H groups in total. The third-order valence-corrected chi connectivity index (χ3v) is 5.73. The van der Waals surface area contributed by atoms with Crippen LogP contribution in [0.5, 0.6) is 0 Å². The molecule has 0 aliphatic heterocycles. The van der Waals surface area contributed by atoms with Gasteiger partial charge in [0.1, 0.15) is 5.25 Å². The van der Waals surface area contributed by atoms with Gasteiger partial charge in [0.15, 0.2) is 0 Å². The van der Waals surface area contributed by atoms with E-state index in [9.17, 15) is 19.7 Å². The molecule has 31 heavy (non-hydrogen) atoms. The molecule has 0 aliphatic rings. The first kappa shape index (κ1) is 22.0. The van der Waals surface area contributed by atoms with Crippen molar-refractivity contribution < 1.29 is 14.5 Å². The number of anilines is 2. The van der Waals surface area contributed by atoms with Gasteiger partial charge in [0, 0.05) is 29.6 Å². The molecule has 1 unspecified atom stereocenters. The first-order valence-corrected chi connectivity index (χ1v) is 10.4. The SMILES string of the molecule is CC(=O)Nc1ccc(SC(C(=O)Nc2cc([N+](=O)[O-])ccc2C)c2ccccc2)cc1. The van der Waals surface area contributed by atoms with Gasteiger partial charge < -0.3 is 10.6 Å². The number of nitrogens with zero attached hydrogens (tertiary/aromatic N) is 1. The maximum atomic E-state index is 13.2. The van der Waals surface area contributed by atoms with Gasteiger partial charge in [0.25, 0.3) is 5.69 Å². The van der Waals surface area contributed by atoms with Crippen LogP contribution in [0.4, 0.5) is 17.1 Å². The molecule has 0 saturated heterocycles. The van der Waals surface area contributed by atoms with Gasteiger partial charge in [-0.3, -0.25) is 19.7 Å². The Morgan fingerprint density at radius 1 is 0.968 bits per heavy atom. The van der Waals surface area contributed by atoms with E-state index >= 15 is 0 Å². The van der Waals surface area contributed by atoms with E-state index in [1.54, 1.807) is 25.1 Å². The molecule has 8 heteroatoms. The zero-order valence-electron chi connectivity index (χ0n) is 17.0. The van der Waals surface area contributed by atoms with Crippen molar-refractivity contribution in [3.63, 3.8) is 0 Å². The molecule has 0 fully saturated rings. The van der Waals surface area contributed by atoms with Gasteiger partial charge in [0.2, 0.25) is 11.8 Å². The molecular formula is C23H21N3O4S. The zero-order chi connectivity index (χ0) is 22.4. The molecule has 1 atom stereocenters. The van der Waals surface area contributed by atoms with Crippen molar-refractivity contribution in [1.82, 2.24) is 0 Å². The number of carbonyl (C=O) groups excluding carboxylic acids is 2. The fourth-order valence-corrected chi connectivity index (χ4v) is 3.94. The van der Waals surface area contributed by atoms with E-state index in [1.165, 1.54) is 30.8 Å². The third kappa shape index (κ3) is 5.93. The van der Waals surface area contributed by atoms with Crippen molar-refractivity contribution in [2.75, 3.05) is 10.6 Å². The van der Waals surface area contributed by atoms with Crippen molar-refractivity contribution >= 4 is 40.6 Å². The summed E-state index contributed by atoms with van der Waals surface area (Å²) in [6, 6.07) is 20.9. The maximum Gasteiger partial charge on any atom is 0.271 e. The number of amides is 2. The normalized spacial score (nSPS) is 11.4. The number of benzene rings is 3. The topological polar surface area (TPSA) is 101 Å². The van der Waals surface area contributed by atoms with Crippen molar-refractivity contribution in [2.45, 2.75) is 24.0 Å². The van der Waals surface area contributed by atoms with Crippen LogP contribution in [0.1, 0.15) is 23.3 Å². The molecule has 158 valence electrons. The van der Waals surface area contributed by atoms with Gasteiger partial charge in [0.05, 0.1) is 10.6 Å². The molecule has 3 rings (SSSR count). The highest BCUT2D eigenvalue weighted by atomic mass is 32.2. The Balaban J connectivity index is 1.86. The summed E-state index contributed by atoms with van der Waals surface area (Å²) in [5.41, 5.74) is 2.53. The van der Waals surface area contributed by atoms with E-state index in [2.05, 4.69) is 10.6 Å². The van der Waals surface area contributed by atoms with Crippen molar-refractivity contribution in [2.24, 2.45) is 0 Å². The molecule has 0 spiro atoms. The second kappa shape index (κ2) is 9.90. The molecular weight excluding hydrogens is 414 g/mol. The number of thioether (sulfide) groups is 1. The molecule has 0 aromatic heterocycles. The Labute approximate surface area is 184 Å². The van der Waals surface area contributed by atoms with Crippen molar-refractivity contribution in [1.29, 1.82) is 0 Å². The lowest BCUT2D eigenvalue weighted by Crippen LogP contribution is -2.19. The van der Waals surface area contributed by atoms with Crippen LogP contribution in [-0.4, -0.2) is 16.7 Å². The van der Waals surface area contributed by atoms with Gasteiger partial charge in [-0.25, -0.2) is 0 Å². The first-order valence-electron chi connectivity index (χ1n) is 9.48. The summed E-state index contributed by atoms with van der Waals surface area (Å²) in [6.07, 6.45) is 0. The monoisotopic (exact) mass is 435 g/mol. The average Bonchev–Trinajstić information content (AvgIpc) is 2.74. The Morgan fingerprint density at radius 2 is 1.65 bits per heavy atom. The number of hydrogen-bond donors (Lipinski definition) is 2. The lowest BCUT2D eigenvalue weighted by Gasteiger charge is -2.18. The summed E-state index contributed by atoms with van der Waals surface area (Å²) in [4.78, 5) is 35.9. The lowest BCUT2D eigenvalue weighted by molar-refractivity contribution is -0.384. The molecule has 0 aliphatic carbocycles. The molecule has 3 aromatic rings. The molecule has 7 nitrogen and oxygen atoms in total. The van der Waals surface area contributed by atoms with E-state index in [0.29, 0.717) is 11.4 Å². The quantitative estimate of drug-likeness (QED) is 0.297. The summed E-state index contributed by atoms with van der Waals surface area (Å²) in [5.74, 6) is -0.444. The molecule has 0 radical (unpaired) electrons. The fraction of sp³-hybridized carbons (Fsp3) is 0.130. The summed E-state index contributed by atoms with van der Waals surface area (Å²) < 4.78 is 0. The highest BCUT2D eigenvalue weighted by molar-refractivity contribution is 8.00. The van der Waals surface area contributed by atoms with E-state index in [4.69, 9.17) is 0 Å². The highest BCUT2D eigenvalue weighted by Crippen LogP contribution is 2.37. The van der Waals surface area contributed by atoms with E-state index in [-0.39, 0.29) is 17.5 Å². The zero-order valence-corrected chi connectivity index (χ0v) is 17.8. The Kier molecular flexibility index (Phi) is 7.04. The molecule has 2 amide bonds. The summed E-state index contributed by atoms with van der Waals surface area (Å²) in [6.45, 7) is 3.22. The number of nitrogens with one attached hydrogen (secondary N) is 2. The molecule has 0 heterocycles. The minimum Gasteiger partial charge on any atom is -0.326 e. The van der Waals surface area contributed by atoms with Crippen LogP contribution in [0.2, 0.25) is 0 Å². The number of carbonyl (C=O) groups is 2. The van der Waals surface area contributed by atoms with Crippen LogP contribution in [0.25, 0.3) is 0 Å². The number of rotatable bonds is 7. The van der Waals surface area contributed by atoms with Crippen molar-refractivity contribution in [3.8, 4) is 0 Å². The van der Waals surface area contributed by atoms with Crippen LogP contribution < -0.4 is 10.6 Å². The average molecular weight is 436 g/mol. The lowest BCUT2D eigenvalue weighted by atomic mass is 10.1. The second-order valence-electron chi connectivity index (χ2n) is 6.86. The van der Waals surface area contributed by atoms with Crippen LogP contribution in [0.15, 0.2) is 77.7 Å². The third-order valence-electron chi connectivity index (χ3n) is 4.46. The van der Waals surface area contributed by atoms with Gasteiger partial charge in [-0.1, -0.05) is 36.4 Å². The molecule has 3 aromatic carbocycles. The Bertz CT molecular complexity index is 1100. The Hall–Kier alpha value is -3.65. The van der Waals surface area contributed by atoms with Crippen LogP contribution in [0, 0.1) is 17.0 Å². The van der Waals surface area contributed by atoms with Gasteiger partial charge in [-0.05, 0) is 42.3 Å². The minimum absolute atomic E-state index is 0.0848. The smallest absolute Gasteiger partial charge is 0.271 e. The molecule has 0 bridgehead atoms. The summed E-state index contributed by atoms with van der Waals surface area (Å²) >= 11 is 1.35. The van der Waals surface area contributed by atoms with Gasteiger partial charge >= 0.3 is 0 Å². The predicted molar refractivity (Wildman–Crippen MR) is 122 cm³/mol. The maximum absolute atomic E-state index is 13.2. The van der Waals surface area contributed by atoms with Crippen LogP contribution >= 0.6 is 11.8 Å². The fourth-order valence-electron chi connectivity index (χ4n) is 2.91. The van der Waals surface area contributed by atoms with E-state index in [1.807, 2.05) is 42.5 Å². The second-order valence-corrected chi connectivity index (χ2v) is 8.04. The number of non-ortho nitro benzene ring substituents is 1.